The molecule has 1 radical (unpaired) electrons. The van der Waals surface area contributed by atoms with Gasteiger partial charge in [0.1, 0.15) is 5.75 Å². The number of ketones is 1. The number of hydrogen-bond acceptors (Lipinski definition) is 2. The normalized spacial score (nSPS) is 9.81. The van der Waals surface area contributed by atoms with Crippen molar-refractivity contribution in [2.24, 2.45) is 0 Å². The monoisotopic (exact) mass is 211 g/mol. The van der Waals surface area contributed by atoms with Crippen LogP contribution >= 0.6 is 0 Å². The Balaban J connectivity index is 2.28. The largest absolute Gasteiger partial charge is 0.497 e. The molecule has 2 nitrogen and oxygen atoms in total. The van der Waals surface area contributed by atoms with Crippen LogP contribution in [0.15, 0.2) is 48.5 Å². The standard InChI is InChI=1S/C14H11O2/c1-16-13-9-7-12(8-10-13)14(15)11-5-3-2-4-6-11/h2-5,7-10H,1H3. The molecule has 16 heavy (non-hydrogen) atoms. The zero-order valence-corrected chi connectivity index (χ0v) is 8.94. The third-order valence-corrected chi connectivity index (χ3v) is 2.31. The second kappa shape index (κ2) is 4.62. The smallest absolute Gasteiger partial charge is 0.193 e. The van der Waals surface area contributed by atoms with Crippen molar-refractivity contribution in [1.29, 1.82) is 0 Å². The maximum absolute atomic E-state index is 12.0. The van der Waals surface area contributed by atoms with Crippen LogP contribution in [-0.4, -0.2) is 12.9 Å². The van der Waals surface area contributed by atoms with E-state index in [1.54, 1.807) is 43.5 Å². The van der Waals surface area contributed by atoms with Crippen LogP contribution in [-0.2, 0) is 0 Å². The van der Waals surface area contributed by atoms with Gasteiger partial charge in [-0.1, -0.05) is 24.3 Å². The molecular formula is C14H11O2. The number of rotatable bonds is 3. The Kier molecular flexibility index (Phi) is 3.01. The van der Waals surface area contributed by atoms with Crippen LogP contribution < -0.4 is 4.74 Å². The maximum atomic E-state index is 12.0. The molecule has 0 fully saturated rings. The number of carbonyl (C=O) groups excluding carboxylic acids is 1. The highest BCUT2D eigenvalue weighted by atomic mass is 16.5. The zero-order valence-electron chi connectivity index (χ0n) is 8.94. The van der Waals surface area contributed by atoms with E-state index in [4.69, 9.17) is 4.74 Å². The lowest BCUT2D eigenvalue weighted by Gasteiger charge is -2.02. The van der Waals surface area contributed by atoms with Gasteiger partial charge in [-0.25, -0.2) is 0 Å². The first-order chi connectivity index (χ1) is 7.81. The minimum absolute atomic E-state index is 0.0248. The molecule has 2 heteroatoms. The van der Waals surface area contributed by atoms with Crippen LogP contribution in [0.4, 0.5) is 0 Å². The van der Waals surface area contributed by atoms with Gasteiger partial charge in [-0.05, 0) is 30.3 Å². The molecule has 0 amide bonds. The van der Waals surface area contributed by atoms with E-state index in [1.165, 1.54) is 0 Å². The summed E-state index contributed by atoms with van der Waals surface area (Å²) in [6.45, 7) is 0. The average Bonchev–Trinajstić information content (AvgIpc) is 2.39. The summed E-state index contributed by atoms with van der Waals surface area (Å²) in [6.07, 6.45) is 0. The number of benzene rings is 2. The van der Waals surface area contributed by atoms with Gasteiger partial charge in [0.2, 0.25) is 0 Å². The molecule has 0 saturated carbocycles. The van der Waals surface area contributed by atoms with Crippen molar-refractivity contribution >= 4 is 5.78 Å². The summed E-state index contributed by atoms with van der Waals surface area (Å²) in [5, 5.41) is 0. The van der Waals surface area contributed by atoms with E-state index in [0.29, 0.717) is 11.1 Å². The van der Waals surface area contributed by atoms with Crippen molar-refractivity contribution in [3.63, 3.8) is 0 Å². The van der Waals surface area contributed by atoms with E-state index in [2.05, 4.69) is 6.07 Å². The summed E-state index contributed by atoms with van der Waals surface area (Å²) >= 11 is 0. The van der Waals surface area contributed by atoms with Crippen LogP contribution in [0.1, 0.15) is 15.9 Å². The number of carbonyl (C=O) groups is 1. The highest BCUT2D eigenvalue weighted by Gasteiger charge is 2.07. The van der Waals surface area contributed by atoms with Gasteiger partial charge in [0.25, 0.3) is 0 Å². The number of hydrogen-bond donors (Lipinski definition) is 0. The average molecular weight is 211 g/mol. The molecule has 0 aliphatic rings. The topological polar surface area (TPSA) is 26.3 Å². The Morgan fingerprint density at radius 2 is 1.88 bits per heavy atom. The molecule has 0 N–H and O–H groups in total. The van der Waals surface area contributed by atoms with E-state index in [0.717, 1.165) is 5.75 Å². The van der Waals surface area contributed by atoms with Gasteiger partial charge in [0, 0.05) is 11.1 Å². The van der Waals surface area contributed by atoms with Crippen molar-refractivity contribution < 1.29 is 9.53 Å². The van der Waals surface area contributed by atoms with E-state index < -0.39 is 0 Å². The van der Waals surface area contributed by atoms with Gasteiger partial charge in [-0.3, -0.25) is 4.79 Å². The third kappa shape index (κ3) is 2.11. The Morgan fingerprint density at radius 3 is 2.44 bits per heavy atom. The fraction of sp³-hybridized carbons (Fsp3) is 0.0714. The number of methoxy groups -OCH3 is 1. The van der Waals surface area contributed by atoms with Crippen molar-refractivity contribution in [1.82, 2.24) is 0 Å². The molecule has 0 aromatic heterocycles. The SMILES string of the molecule is COc1ccc(C(=O)c2[c]cccc2)cc1. The summed E-state index contributed by atoms with van der Waals surface area (Å²) in [7, 11) is 1.60. The Labute approximate surface area is 94.5 Å². The highest BCUT2D eigenvalue weighted by molar-refractivity contribution is 6.08. The molecular weight excluding hydrogens is 200 g/mol. The summed E-state index contributed by atoms with van der Waals surface area (Å²) in [5.41, 5.74) is 1.22. The summed E-state index contributed by atoms with van der Waals surface area (Å²) in [4.78, 5) is 12.0. The Morgan fingerprint density at radius 1 is 1.12 bits per heavy atom. The fourth-order valence-corrected chi connectivity index (χ4v) is 1.43. The highest BCUT2D eigenvalue weighted by Crippen LogP contribution is 2.14. The van der Waals surface area contributed by atoms with Crippen LogP contribution in [0.2, 0.25) is 0 Å². The number of ether oxygens (including phenoxy) is 1. The summed E-state index contributed by atoms with van der Waals surface area (Å²) in [6, 6.07) is 17.1. The minimum atomic E-state index is -0.0248. The molecule has 2 aromatic rings. The van der Waals surface area contributed by atoms with Crippen LogP contribution in [0, 0.1) is 6.07 Å². The molecule has 0 atom stereocenters. The first-order valence-corrected chi connectivity index (χ1v) is 4.97. The van der Waals surface area contributed by atoms with Crippen LogP contribution in [0.5, 0.6) is 5.75 Å². The molecule has 0 saturated heterocycles. The molecule has 79 valence electrons. The molecule has 2 aromatic carbocycles. The molecule has 2 rings (SSSR count). The molecule has 0 aliphatic carbocycles. The van der Waals surface area contributed by atoms with Crippen LogP contribution in [0.3, 0.4) is 0 Å². The third-order valence-electron chi connectivity index (χ3n) is 2.31. The molecule has 0 spiro atoms. The van der Waals surface area contributed by atoms with E-state index in [9.17, 15) is 4.79 Å². The predicted molar refractivity (Wildman–Crippen MR) is 61.7 cm³/mol. The quantitative estimate of drug-likeness (QED) is 0.730. The van der Waals surface area contributed by atoms with Gasteiger partial charge in [-0.2, -0.15) is 0 Å². The lowest BCUT2D eigenvalue weighted by atomic mass is 10.0. The minimum Gasteiger partial charge on any atom is -0.497 e. The molecule has 0 aliphatic heterocycles. The fourth-order valence-electron chi connectivity index (χ4n) is 1.43. The summed E-state index contributed by atoms with van der Waals surface area (Å²) < 4.78 is 5.04. The van der Waals surface area contributed by atoms with Crippen LogP contribution in [0.25, 0.3) is 0 Å². The van der Waals surface area contributed by atoms with Gasteiger partial charge in [-0.15, -0.1) is 0 Å². The van der Waals surface area contributed by atoms with E-state index in [1.807, 2.05) is 12.1 Å². The first-order valence-electron chi connectivity index (χ1n) is 4.97. The second-order valence-corrected chi connectivity index (χ2v) is 3.33. The van der Waals surface area contributed by atoms with Crippen molar-refractivity contribution in [3.05, 3.63) is 65.7 Å². The van der Waals surface area contributed by atoms with Crippen molar-refractivity contribution in [2.45, 2.75) is 0 Å². The van der Waals surface area contributed by atoms with E-state index >= 15 is 0 Å². The lowest BCUT2D eigenvalue weighted by molar-refractivity contribution is 0.103. The van der Waals surface area contributed by atoms with Gasteiger partial charge in [0.05, 0.1) is 7.11 Å². The maximum Gasteiger partial charge on any atom is 0.193 e. The Hall–Kier alpha value is -2.09. The summed E-state index contributed by atoms with van der Waals surface area (Å²) in [5.74, 6) is 0.719. The van der Waals surface area contributed by atoms with Crippen molar-refractivity contribution in [3.8, 4) is 5.75 Å². The molecule has 0 bridgehead atoms. The van der Waals surface area contributed by atoms with Crippen molar-refractivity contribution in [2.75, 3.05) is 7.11 Å². The lowest BCUT2D eigenvalue weighted by Crippen LogP contribution is -2.00. The van der Waals surface area contributed by atoms with Gasteiger partial charge >= 0.3 is 0 Å². The molecule has 0 unspecified atom stereocenters. The van der Waals surface area contributed by atoms with E-state index in [-0.39, 0.29) is 5.78 Å². The predicted octanol–water partition coefficient (Wildman–Crippen LogP) is 2.73. The zero-order chi connectivity index (χ0) is 11.4. The van der Waals surface area contributed by atoms with Gasteiger partial charge in [0.15, 0.2) is 5.78 Å². The second-order valence-electron chi connectivity index (χ2n) is 3.33. The first kappa shape index (κ1) is 10.4. The molecule has 0 heterocycles. The van der Waals surface area contributed by atoms with Gasteiger partial charge < -0.3 is 4.74 Å². The Bertz CT molecular complexity index is 472.